The molecule has 9 heteroatoms. The van der Waals surface area contributed by atoms with Gasteiger partial charge in [0.05, 0.1) is 24.8 Å². The van der Waals surface area contributed by atoms with Crippen LogP contribution in [0, 0.1) is 0 Å². The number of amides is 1. The number of carbonyl (C=O) groups excluding carboxylic acids is 1. The summed E-state index contributed by atoms with van der Waals surface area (Å²) in [7, 11) is 1.60. The van der Waals surface area contributed by atoms with Gasteiger partial charge in [-0.15, -0.1) is 5.10 Å². The van der Waals surface area contributed by atoms with Gasteiger partial charge in [0.15, 0.2) is 5.82 Å². The highest BCUT2D eigenvalue weighted by Crippen LogP contribution is 2.38. The van der Waals surface area contributed by atoms with E-state index in [1.165, 1.54) is 29.8 Å². The number of anilines is 1. The average molecular weight is 447 g/mol. The number of carbonyl (C=O) groups is 1. The molecule has 3 heterocycles. The van der Waals surface area contributed by atoms with E-state index in [1.54, 1.807) is 12.0 Å². The smallest absolute Gasteiger partial charge is 0.254 e. The van der Waals surface area contributed by atoms with Crippen molar-refractivity contribution < 1.29 is 9.53 Å². The molecule has 2 aliphatic rings. The second kappa shape index (κ2) is 9.01. The lowest BCUT2D eigenvalue weighted by atomic mass is 10.1. The van der Waals surface area contributed by atoms with E-state index >= 15 is 0 Å². The van der Waals surface area contributed by atoms with Gasteiger partial charge in [0, 0.05) is 43.7 Å². The molecule has 1 aromatic carbocycles. The predicted octanol–water partition coefficient (Wildman–Crippen LogP) is 1.94. The molecule has 2 fully saturated rings. The zero-order chi connectivity index (χ0) is 22.8. The van der Waals surface area contributed by atoms with Crippen LogP contribution in [-0.2, 0) is 11.3 Å². The Hall–Kier alpha value is -3.75. The third-order valence-corrected chi connectivity index (χ3v) is 6.19. The van der Waals surface area contributed by atoms with Gasteiger partial charge in [-0.2, -0.15) is 5.10 Å². The van der Waals surface area contributed by atoms with Gasteiger partial charge in [-0.25, -0.2) is 4.98 Å². The molecule has 1 amide bonds. The normalized spacial score (nSPS) is 16.0. The van der Waals surface area contributed by atoms with Crippen molar-refractivity contribution in [3.63, 3.8) is 0 Å². The van der Waals surface area contributed by atoms with Crippen LogP contribution in [-0.4, -0.2) is 63.8 Å². The maximum Gasteiger partial charge on any atom is 0.254 e. The standard InChI is InChI=1S/C24H26N6O3/c1-33-19-6-4-18(5-7-19)21-14-23(31)30(16-25-21)15-24(32)29-12-10-28(11-13-29)22-9-8-20(26-27-22)17-2-3-17/h4-9,14,16-17H,2-3,10-13,15H2,1H3. The van der Waals surface area contributed by atoms with Crippen molar-refractivity contribution in [3.8, 4) is 17.0 Å². The fourth-order valence-electron chi connectivity index (χ4n) is 4.00. The van der Waals surface area contributed by atoms with Crippen molar-refractivity contribution >= 4 is 11.7 Å². The van der Waals surface area contributed by atoms with Gasteiger partial charge in [-0.1, -0.05) is 0 Å². The van der Waals surface area contributed by atoms with Gasteiger partial charge in [-0.3, -0.25) is 14.2 Å². The van der Waals surface area contributed by atoms with Crippen LogP contribution in [0.4, 0.5) is 5.82 Å². The average Bonchev–Trinajstić information content (AvgIpc) is 3.71. The Morgan fingerprint density at radius 3 is 2.39 bits per heavy atom. The van der Waals surface area contributed by atoms with E-state index in [1.807, 2.05) is 30.3 Å². The lowest BCUT2D eigenvalue weighted by Crippen LogP contribution is -2.50. The van der Waals surface area contributed by atoms with Crippen LogP contribution in [0.25, 0.3) is 11.3 Å². The Labute approximate surface area is 191 Å². The third kappa shape index (κ3) is 4.72. The van der Waals surface area contributed by atoms with Crippen molar-refractivity contribution in [1.29, 1.82) is 0 Å². The molecule has 0 radical (unpaired) electrons. The largest absolute Gasteiger partial charge is 0.497 e. The zero-order valence-corrected chi connectivity index (χ0v) is 18.6. The zero-order valence-electron chi connectivity index (χ0n) is 18.6. The number of nitrogens with zero attached hydrogens (tertiary/aromatic N) is 6. The molecule has 0 atom stereocenters. The number of benzene rings is 1. The fourth-order valence-corrected chi connectivity index (χ4v) is 4.00. The Kier molecular flexibility index (Phi) is 5.77. The van der Waals surface area contributed by atoms with E-state index in [9.17, 15) is 9.59 Å². The summed E-state index contributed by atoms with van der Waals surface area (Å²) in [6, 6.07) is 12.9. The lowest BCUT2D eigenvalue weighted by molar-refractivity contribution is -0.132. The Bertz CT molecular complexity index is 1180. The Morgan fingerprint density at radius 1 is 1.03 bits per heavy atom. The minimum Gasteiger partial charge on any atom is -0.497 e. The monoisotopic (exact) mass is 446 g/mol. The van der Waals surface area contributed by atoms with Gasteiger partial charge in [0.25, 0.3) is 5.56 Å². The van der Waals surface area contributed by atoms with Crippen LogP contribution >= 0.6 is 0 Å². The van der Waals surface area contributed by atoms with E-state index < -0.39 is 0 Å². The summed E-state index contributed by atoms with van der Waals surface area (Å²) in [5, 5.41) is 8.72. The van der Waals surface area contributed by atoms with Crippen molar-refractivity contribution in [3.05, 3.63) is 64.8 Å². The van der Waals surface area contributed by atoms with Crippen LogP contribution in [0.5, 0.6) is 5.75 Å². The molecule has 5 rings (SSSR count). The molecular formula is C24H26N6O3. The Morgan fingerprint density at radius 2 is 1.79 bits per heavy atom. The quantitative estimate of drug-likeness (QED) is 0.571. The first kappa shape index (κ1) is 21.1. The first-order valence-corrected chi connectivity index (χ1v) is 11.2. The number of methoxy groups -OCH3 is 1. The first-order chi connectivity index (χ1) is 16.1. The highest BCUT2D eigenvalue weighted by Gasteiger charge is 2.26. The summed E-state index contributed by atoms with van der Waals surface area (Å²) in [6.07, 6.45) is 3.85. The molecule has 0 unspecified atom stereocenters. The second-order valence-electron chi connectivity index (χ2n) is 8.43. The maximum absolute atomic E-state index is 12.8. The molecule has 1 aliphatic carbocycles. The first-order valence-electron chi connectivity index (χ1n) is 11.2. The van der Waals surface area contributed by atoms with E-state index in [-0.39, 0.29) is 18.0 Å². The highest BCUT2D eigenvalue weighted by atomic mass is 16.5. The summed E-state index contributed by atoms with van der Waals surface area (Å²) in [4.78, 5) is 33.7. The maximum atomic E-state index is 12.8. The molecule has 1 aliphatic heterocycles. The minimum absolute atomic E-state index is 0.0232. The van der Waals surface area contributed by atoms with Gasteiger partial charge >= 0.3 is 0 Å². The van der Waals surface area contributed by atoms with E-state index in [4.69, 9.17) is 4.74 Å². The molecule has 1 saturated heterocycles. The van der Waals surface area contributed by atoms with Crippen molar-refractivity contribution in [1.82, 2.24) is 24.6 Å². The van der Waals surface area contributed by atoms with E-state index in [2.05, 4.69) is 26.1 Å². The molecule has 9 nitrogen and oxygen atoms in total. The molecule has 0 bridgehead atoms. The summed E-state index contributed by atoms with van der Waals surface area (Å²) in [5.41, 5.74) is 2.20. The number of aromatic nitrogens is 4. The van der Waals surface area contributed by atoms with Gasteiger partial charge in [0.1, 0.15) is 12.3 Å². The molecule has 1 saturated carbocycles. The molecule has 170 valence electrons. The van der Waals surface area contributed by atoms with Crippen LogP contribution in [0.15, 0.2) is 53.6 Å². The summed E-state index contributed by atoms with van der Waals surface area (Å²) >= 11 is 0. The van der Waals surface area contributed by atoms with Crippen molar-refractivity contribution in [2.24, 2.45) is 0 Å². The van der Waals surface area contributed by atoms with Crippen LogP contribution in [0.1, 0.15) is 24.5 Å². The second-order valence-corrected chi connectivity index (χ2v) is 8.43. The minimum atomic E-state index is -0.256. The summed E-state index contributed by atoms with van der Waals surface area (Å²) in [6.45, 7) is 2.51. The molecule has 3 aromatic rings. The number of ether oxygens (including phenoxy) is 1. The van der Waals surface area contributed by atoms with E-state index in [0.29, 0.717) is 37.8 Å². The topological polar surface area (TPSA) is 93.5 Å². The van der Waals surface area contributed by atoms with Gasteiger partial charge < -0.3 is 14.5 Å². The fraction of sp³-hybridized carbons (Fsp3) is 0.375. The SMILES string of the molecule is COc1ccc(-c2cc(=O)n(CC(=O)N3CCN(c4ccc(C5CC5)nn4)CC3)cn2)cc1. The summed E-state index contributed by atoms with van der Waals surface area (Å²) < 4.78 is 6.51. The Balaban J connectivity index is 1.18. The lowest BCUT2D eigenvalue weighted by Gasteiger charge is -2.35. The molecule has 2 aromatic heterocycles. The van der Waals surface area contributed by atoms with Crippen LogP contribution in [0.3, 0.4) is 0 Å². The molecular weight excluding hydrogens is 420 g/mol. The molecule has 33 heavy (non-hydrogen) atoms. The van der Waals surface area contributed by atoms with E-state index in [0.717, 1.165) is 22.8 Å². The van der Waals surface area contributed by atoms with Crippen molar-refractivity contribution in [2.75, 3.05) is 38.2 Å². The van der Waals surface area contributed by atoms with Crippen LogP contribution < -0.4 is 15.2 Å². The predicted molar refractivity (Wildman–Crippen MR) is 123 cm³/mol. The number of rotatable bonds is 6. The van der Waals surface area contributed by atoms with Crippen molar-refractivity contribution in [2.45, 2.75) is 25.3 Å². The highest BCUT2D eigenvalue weighted by molar-refractivity contribution is 5.76. The van der Waals surface area contributed by atoms with Gasteiger partial charge in [-0.05, 0) is 49.2 Å². The van der Waals surface area contributed by atoms with Gasteiger partial charge in [0.2, 0.25) is 5.91 Å². The van der Waals surface area contributed by atoms with Crippen LogP contribution in [0.2, 0.25) is 0 Å². The molecule has 0 spiro atoms. The number of hydrogen-bond acceptors (Lipinski definition) is 7. The summed E-state index contributed by atoms with van der Waals surface area (Å²) in [5.74, 6) is 2.08. The number of piperazine rings is 1. The number of hydrogen-bond donors (Lipinski definition) is 0. The molecule has 0 N–H and O–H groups in total. The third-order valence-electron chi connectivity index (χ3n) is 6.19.